The first-order valence-corrected chi connectivity index (χ1v) is 7.85. The zero-order chi connectivity index (χ0) is 13.9. The summed E-state index contributed by atoms with van der Waals surface area (Å²) in [5, 5.41) is 8.12. The van der Waals surface area contributed by atoms with Gasteiger partial charge in [-0.3, -0.25) is 4.68 Å². The molecule has 1 saturated heterocycles. The van der Waals surface area contributed by atoms with E-state index in [0.29, 0.717) is 5.41 Å². The van der Waals surface area contributed by atoms with Crippen LogP contribution in [0.5, 0.6) is 0 Å². The Morgan fingerprint density at radius 1 is 1.42 bits per heavy atom. The third kappa shape index (κ3) is 3.58. The summed E-state index contributed by atoms with van der Waals surface area (Å²) >= 11 is 3.64. The summed E-state index contributed by atoms with van der Waals surface area (Å²) in [6, 6.07) is 0. The van der Waals surface area contributed by atoms with Gasteiger partial charge in [-0.25, -0.2) is 0 Å². The predicted octanol–water partition coefficient (Wildman–Crippen LogP) is 2.88. The van der Waals surface area contributed by atoms with Gasteiger partial charge in [-0.2, -0.15) is 5.10 Å². The lowest BCUT2D eigenvalue weighted by atomic mass is 9.82. The fourth-order valence-electron chi connectivity index (χ4n) is 2.56. The highest BCUT2D eigenvalue weighted by atomic mass is 79.9. The summed E-state index contributed by atoms with van der Waals surface area (Å²) < 4.78 is 8.65. The van der Waals surface area contributed by atoms with Gasteiger partial charge in [-0.05, 0) is 48.0 Å². The van der Waals surface area contributed by atoms with Gasteiger partial charge in [0.1, 0.15) is 0 Å². The zero-order valence-electron chi connectivity index (χ0n) is 12.1. The third-order valence-corrected chi connectivity index (χ3v) is 5.03. The summed E-state index contributed by atoms with van der Waals surface area (Å²) in [6.45, 7) is 11.1. The molecule has 1 aliphatic rings. The number of rotatable bonds is 5. The minimum Gasteiger partial charge on any atom is -0.381 e. The molecule has 0 unspecified atom stereocenters. The molecule has 1 aromatic rings. The van der Waals surface area contributed by atoms with E-state index in [1.807, 2.05) is 6.92 Å². The second-order valence-corrected chi connectivity index (χ2v) is 6.48. The number of ether oxygens (including phenoxy) is 1. The Balaban J connectivity index is 1.92. The van der Waals surface area contributed by atoms with Crippen molar-refractivity contribution in [1.29, 1.82) is 0 Å². The molecule has 0 bridgehead atoms. The van der Waals surface area contributed by atoms with Crippen LogP contribution in [0.3, 0.4) is 0 Å². The van der Waals surface area contributed by atoms with Crippen molar-refractivity contribution in [3.8, 4) is 0 Å². The lowest BCUT2D eigenvalue weighted by Gasteiger charge is -2.33. The Hall–Kier alpha value is -0.390. The molecule has 1 N–H and O–H groups in total. The van der Waals surface area contributed by atoms with Crippen molar-refractivity contribution in [1.82, 2.24) is 15.1 Å². The highest BCUT2D eigenvalue weighted by molar-refractivity contribution is 9.10. The number of nitrogens with zero attached hydrogens (tertiary/aromatic N) is 2. The van der Waals surface area contributed by atoms with Gasteiger partial charge in [0, 0.05) is 32.8 Å². The third-order valence-electron chi connectivity index (χ3n) is 4.00. The van der Waals surface area contributed by atoms with Crippen LogP contribution in [-0.2, 0) is 17.8 Å². The van der Waals surface area contributed by atoms with Crippen LogP contribution in [0.2, 0.25) is 0 Å². The summed E-state index contributed by atoms with van der Waals surface area (Å²) in [5.41, 5.74) is 2.68. The van der Waals surface area contributed by atoms with E-state index in [9.17, 15) is 0 Å². The summed E-state index contributed by atoms with van der Waals surface area (Å²) in [5.74, 6) is 0. The van der Waals surface area contributed by atoms with Crippen molar-refractivity contribution in [2.45, 2.75) is 46.7 Å². The molecule has 1 fully saturated rings. The van der Waals surface area contributed by atoms with Gasteiger partial charge in [0.15, 0.2) is 0 Å². The molecule has 19 heavy (non-hydrogen) atoms. The van der Waals surface area contributed by atoms with Crippen molar-refractivity contribution >= 4 is 15.9 Å². The molecular weight excluding hydrogens is 306 g/mol. The maximum absolute atomic E-state index is 5.44. The Labute approximate surface area is 124 Å². The summed E-state index contributed by atoms with van der Waals surface area (Å²) in [6.07, 6.45) is 2.29. The Morgan fingerprint density at radius 2 is 2.11 bits per heavy atom. The van der Waals surface area contributed by atoms with E-state index in [1.165, 1.54) is 5.69 Å². The molecule has 0 radical (unpaired) electrons. The molecule has 1 aliphatic heterocycles. The smallest absolute Gasteiger partial charge is 0.0739 e. The first kappa shape index (κ1) is 15.0. The lowest BCUT2D eigenvalue weighted by Crippen LogP contribution is -2.36. The minimum absolute atomic E-state index is 0.372. The molecule has 0 amide bonds. The number of aromatic nitrogens is 2. The van der Waals surface area contributed by atoms with Crippen molar-refractivity contribution in [2.24, 2.45) is 5.41 Å². The van der Waals surface area contributed by atoms with Crippen molar-refractivity contribution in [3.05, 3.63) is 15.9 Å². The molecule has 2 rings (SSSR count). The van der Waals surface area contributed by atoms with Gasteiger partial charge in [0.25, 0.3) is 0 Å². The van der Waals surface area contributed by atoms with Gasteiger partial charge >= 0.3 is 0 Å². The van der Waals surface area contributed by atoms with Crippen molar-refractivity contribution in [2.75, 3.05) is 19.8 Å². The first-order valence-electron chi connectivity index (χ1n) is 7.06. The molecular formula is C14H24BrN3O. The van der Waals surface area contributed by atoms with Crippen LogP contribution in [-0.4, -0.2) is 29.5 Å². The summed E-state index contributed by atoms with van der Waals surface area (Å²) in [4.78, 5) is 0. The summed E-state index contributed by atoms with van der Waals surface area (Å²) in [7, 11) is 0. The van der Waals surface area contributed by atoms with E-state index in [4.69, 9.17) is 4.74 Å². The van der Waals surface area contributed by atoms with Gasteiger partial charge in [-0.15, -0.1) is 0 Å². The molecule has 108 valence electrons. The predicted molar refractivity (Wildman–Crippen MR) is 80.2 cm³/mol. The van der Waals surface area contributed by atoms with Crippen LogP contribution >= 0.6 is 15.9 Å². The fourth-order valence-corrected chi connectivity index (χ4v) is 2.99. The maximum Gasteiger partial charge on any atom is 0.0739 e. The standard InChI is InChI=1S/C14H24BrN3O/c1-4-18-12(13(15)11(2)17-18)9-16-10-14(3)5-7-19-8-6-14/h16H,4-10H2,1-3H3. The maximum atomic E-state index is 5.44. The average Bonchev–Trinajstić information content (AvgIpc) is 2.67. The van der Waals surface area contributed by atoms with Crippen LogP contribution in [0.15, 0.2) is 4.47 Å². The molecule has 5 heteroatoms. The molecule has 0 atom stereocenters. The Bertz CT molecular complexity index is 425. The van der Waals surface area contributed by atoms with Gasteiger partial charge < -0.3 is 10.1 Å². The van der Waals surface area contributed by atoms with E-state index >= 15 is 0 Å². The second kappa shape index (κ2) is 6.37. The van der Waals surface area contributed by atoms with E-state index < -0.39 is 0 Å². The Morgan fingerprint density at radius 3 is 2.74 bits per heavy atom. The highest BCUT2D eigenvalue weighted by Crippen LogP contribution is 2.29. The molecule has 0 saturated carbocycles. The van der Waals surface area contributed by atoms with Crippen LogP contribution in [0, 0.1) is 12.3 Å². The van der Waals surface area contributed by atoms with Crippen LogP contribution in [0.1, 0.15) is 38.1 Å². The number of halogens is 1. The van der Waals surface area contributed by atoms with Gasteiger partial charge in [0.2, 0.25) is 0 Å². The van der Waals surface area contributed by atoms with E-state index in [1.54, 1.807) is 0 Å². The number of nitrogens with one attached hydrogen (secondary N) is 1. The largest absolute Gasteiger partial charge is 0.381 e. The number of aryl methyl sites for hydroxylation is 2. The molecule has 0 aliphatic carbocycles. The van der Waals surface area contributed by atoms with Crippen molar-refractivity contribution < 1.29 is 4.74 Å². The monoisotopic (exact) mass is 329 g/mol. The van der Waals surface area contributed by atoms with Crippen LogP contribution in [0.4, 0.5) is 0 Å². The van der Waals surface area contributed by atoms with Crippen LogP contribution in [0.25, 0.3) is 0 Å². The molecule has 0 aromatic carbocycles. The second-order valence-electron chi connectivity index (χ2n) is 5.69. The topological polar surface area (TPSA) is 39.1 Å². The molecule has 1 aromatic heterocycles. The number of hydrogen-bond donors (Lipinski definition) is 1. The zero-order valence-corrected chi connectivity index (χ0v) is 13.7. The molecule has 2 heterocycles. The molecule has 0 spiro atoms. The minimum atomic E-state index is 0.372. The highest BCUT2D eigenvalue weighted by Gasteiger charge is 2.27. The Kier molecular flexibility index (Phi) is 5.03. The first-order chi connectivity index (χ1) is 9.06. The molecule has 4 nitrogen and oxygen atoms in total. The SMILES string of the molecule is CCn1nc(C)c(Br)c1CNCC1(C)CCOCC1. The van der Waals surface area contributed by atoms with E-state index in [2.05, 4.69) is 44.9 Å². The van der Waals surface area contributed by atoms with E-state index in [-0.39, 0.29) is 0 Å². The number of hydrogen-bond acceptors (Lipinski definition) is 3. The van der Waals surface area contributed by atoms with Gasteiger partial charge in [-0.1, -0.05) is 6.92 Å². The van der Waals surface area contributed by atoms with Crippen LogP contribution < -0.4 is 5.32 Å². The quantitative estimate of drug-likeness (QED) is 0.902. The normalized spacial score (nSPS) is 18.7. The van der Waals surface area contributed by atoms with Gasteiger partial charge in [0.05, 0.1) is 15.9 Å². The lowest BCUT2D eigenvalue weighted by molar-refractivity contribution is 0.0239. The average molecular weight is 330 g/mol. The fraction of sp³-hybridized carbons (Fsp3) is 0.786. The van der Waals surface area contributed by atoms with Crippen molar-refractivity contribution in [3.63, 3.8) is 0 Å². The van der Waals surface area contributed by atoms with E-state index in [0.717, 1.165) is 55.9 Å².